The number of carbonyl (C=O) groups is 1. The Morgan fingerprint density at radius 1 is 1.35 bits per heavy atom. The average Bonchev–Trinajstić information content (AvgIpc) is 2.43. The first kappa shape index (κ1) is 16.4. The van der Waals surface area contributed by atoms with Gasteiger partial charge in [0.2, 0.25) is 0 Å². The van der Waals surface area contributed by atoms with E-state index in [2.05, 4.69) is 22.5 Å². The summed E-state index contributed by atoms with van der Waals surface area (Å²) in [6.45, 7) is 8.61. The topological polar surface area (TPSA) is 63.2 Å². The molecule has 0 aromatic carbocycles. The molecule has 5 heteroatoms. The number of aryl methyl sites for hydroxylation is 1. The van der Waals surface area contributed by atoms with Gasteiger partial charge in [-0.25, -0.2) is 0 Å². The highest BCUT2D eigenvalue weighted by Crippen LogP contribution is 2.15. The maximum Gasteiger partial charge on any atom is 0.255 e. The Kier molecular flexibility index (Phi) is 7.65. The van der Waals surface area contributed by atoms with E-state index in [0.717, 1.165) is 37.4 Å². The van der Waals surface area contributed by atoms with Gasteiger partial charge in [0.25, 0.3) is 5.91 Å². The summed E-state index contributed by atoms with van der Waals surface area (Å²) in [5.41, 5.74) is 2.29. The number of carbonyl (C=O) groups excluding carboxylic acids is 1. The Labute approximate surface area is 121 Å². The number of unbranched alkanes of at least 4 members (excludes halogenated alkanes) is 1. The van der Waals surface area contributed by atoms with Crippen LogP contribution in [0, 0.1) is 6.92 Å². The van der Waals surface area contributed by atoms with Crippen molar-refractivity contribution in [1.82, 2.24) is 10.3 Å². The van der Waals surface area contributed by atoms with Gasteiger partial charge in [-0.05, 0) is 26.3 Å². The standard InChI is InChI=1S/C15H25N3O2/c1-4-6-8-20-9-7-17-15(19)13-11-18-12(3)10-14(13)16-5-2/h10-11H,4-9H2,1-3H3,(H,16,18)(H,17,19). The van der Waals surface area contributed by atoms with Crippen molar-refractivity contribution in [2.45, 2.75) is 33.6 Å². The molecule has 0 saturated carbocycles. The fourth-order valence-electron chi connectivity index (χ4n) is 1.76. The number of amides is 1. The molecule has 112 valence electrons. The van der Waals surface area contributed by atoms with Crippen LogP contribution in [-0.4, -0.2) is 37.2 Å². The largest absolute Gasteiger partial charge is 0.385 e. The van der Waals surface area contributed by atoms with Crippen LogP contribution in [0.5, 0.6) is 0 Å². The van der Waals surface area contributed by atoms with Crippen LogP contribution >= 0.6 is 0 Å². The number of hydrogen-bond acceptors (Lipinski definition) is 4. The predicted molar refractivity (Wildman–Crippen MR) is 81.2 cm³/mol. The smallest absolute Gasteiger partial charge is 0.255 e. The maximum absolute atomic E-state index is 12.1. The number of anilines is 1. The van der Waals surface area contributed by atoms with Crippen molar-refractivity contribution in [2.75, 3.05) is 31.6 Å². The first-order valence-corrected chi connectivity index (χ1v) is 7.25. The van der Waals surface area contributed by atoms with Crippen molar-refractivity contribution in [3.8, 4) is 0 Å². The lowest BCUT2D eigenvalue weighted by atomic mass is 10.2. The molecule has 0 bridgehead atoms. The van der Waals surface area contributed by atoms with Gasteiger partial charge in [0.15, 0.2) is 0 Å². The predicted octanol–water partition coefficient (Wildman–Crippen LogP) is 2.37. The molecule has 0 aliphatic carbocycles. The van der Waals surface area contributed by atoms with Gasteiger partial charge in [-0.3, -0.25) is 9.78 Å². The van der Waals surface area contributed by atoms with Crippen LogP contribution in [0.15, 0.2) is 12.3 Å². The van der Waals surface area contributed by atoms with Crippen molar-refractivity contribution < 1.29 is 9.53 Å². The summed E-state index contributed by atoms with van der Waals surface area (Å²) in [7, 11) is 0. The van der Waals surface area contributed by atoms with E-state index in [1.165, 1.54) is 0 Å². The van der Waals surface area contributed by atoms with E-state index in [1.54, 1.807) is 6.20 Å². The van der Waals surface area contributed by atoms with Crippen molar-refractivity contribution in [1.29, 1.82) is 0 Å². The minimum absolute atomic E-state index is 0.118. The number of pyridine rings is 1. The molecule has 5 nitrogen and oxygen atoms in total. The van der Waals surface area contributed by atoms with Crippen LogP contribution in [0.25, 0.3) is 0 Å². The summed E-state index contributed by atoms with van der Waals surface area (Å²) in [5.74, 6) is -0.118. The number of nitrogens with one attached hydrogen (secondary N) is 2. The van der Waals surface area contributed by atoms with E-state index in [0.29, 0.717) is 18.7 Å². The molecule has 0 aliphatic heterocycles. The zero-order valence-electron chi connectivity index (χ0n) is 12.7. The molecule has 0 spiro atoms. The lowest BCUT2D eigenvalue weighted by Crippen LogP contribution is -2.28. The molecule has 20 heavy (non-hydrogen) atoms. The number of hydrogen-bond donors (Lipinski definition) is 2. The Morgan fingerprint density at radius 3 is 2.85 bits per heavy atom. The number of ether oxygens (including phenoxy) is 1. The van der Waals surface area contributed by atoms with Crippen LogP contribution < -0.4 is 10.6 Å². The van der Waals surface area contributed by atoms with Gasteiger partial charge < -0.3 is 15.4 Å². The molecule has 1 heterocycles. The van der Waals surface area contributed by atoms with Gasteiger partial charge in [-0.2, -0.15) is 0 Å². The molecule has 2 N–H and O–H groups in total. The highest BCUT2D eigenvalue weighted by atomic mass is 16.5. The number of nitrogens with zero attached hydrogens (tertiary/aromatic N) is 1. The van der Waals surface area contributed by atoms with Crippen molar-refractivity contribution in [2.24, 2.45) is 0 Å². The fourth-order valence-corrected chi connectivity index (χ4v) is 1.76. The second kappa shape index (κ2) is 9.31. The van der Waals surface area contributed by atoms with Crippen LogP contribution in [0.3, 0.4) is 0 Å². The Morgan fingerprint density at radius 2 is 2.15 bits per heavy atom. The van der Waals surface area contributed by atoms with Crippen molar-refractivity contribution in [3.05, 3.63) is 23.5 Å². The van der Waals surface area contributed by atoms with E-state index in [1.807, 2.05) is 19.9 Å². The number of rotatable bonds is 9. The lowest BCUT2D eigenvalue weighted by Gasteiger charge is -2.11. The van der Waals surface area contributed by atoms with Gasteiger partial charge in [0.1, 0.15) is 0 Å². The van der Waals surface area contributed by atoms with Crippen LogP contribution in [0.4, 0.5) is 5.69 Å². The van der Waals surface area contributed by atoms with E-state index >= 15 is 0 Å². The van der Waals surface area contributed by atoms with Gasteiger partial charge >= 0.3 is 0 Å². The molecule has 1 amide bonds. The second-order valence-corrected chi connectivity index (χ2v) is 4.62. The van der Waals surface area contributed by atoms with E-state index in [4.69, 9.17) is 4.74 Å². The Balaban J connectivity index is 2.46. The summed E-state index contributed by atoms with van der Waals surface area (Å²) < 4.78 is 5.41. The van der Waals surface area contributed by atoms with E-state index in [9.17, 15) is 4.79 Å². The molecule has 0 unspecified atom stereocenters. The van der Waals surface area contributed by atoms with Gasteiger partial charge in [0, 0.05) is 31.6 Å². The summed E-state index contributed by atoms with van der Waals surface area (Å²) in [5, 5.41) is 6.03. The molecule has 0 fully saturated rings. The highest BCUT2D eigenvalue weighted by Gasteiger charge is 2.11. The highest BCUT2D eigenvalue weighted by molar-refractivity contribution is 5.99. The van der Waals surface area contributed by atoms with E-state index in [-0.39, 0.29) is 5.91 Å². The average molecular weight is 279 g/mol. The van der Waals surface area contributed by atoms with Crippen molar-refractivity contribution >= 4 is 11.6 Å². The normalized spacial score (nSPS) is 10.3. The minimum atomic E-state index is -0.118. The molecule has 0 saturated heterocycles. The molecule has 1 rings (SSSR count). The molecule has 0 radical (unpaired) electrons. The van der Waals surface area contributed by atoms with Crippen LogP contribution in [0.2, 0.25) is 0 Å². The lowest BCUT2D eigenvalue weighted by molar-refractivity contribution is 0.0913. The summed E-state index contributed by atoms with van der Waals surface area (Å²) in [4.78, 5) is 16.3. The summed E-state index contributed by atoms with van der Waals surface area (Å²) in [6, 6.07) is 1.89. The van der Waals surface area contributed by atoms with Crippen LogP contribution in [0.1, 0.15) is 42.7 Å². The molecule has 0 aliphatic rings. The third-order valence-electron chi connectivity index (χ3n) is 2.83. The summed E-state index contributed by atoms with van der Waals surface area (Å²) in [6.07, 6.45) is 3.79. The van der Waals surface area contributed by atoms with Gasteiger partial charge in [-0.15, -0.1) is 0 Å². The molecule has 0 atom stereocenters. The van der Waals surface area contributed by atoms with Crippen LogP contribution in [-0.2, 0) is 4.74 Å². The summed E-state index contributed by atoms with van der Waals surface area (Å²) >= 11 is 0. The fraction of sp³-hybridized carbons (Fsp3) is 0.600. The Hall–Kier alpha value is -1.62. The monoisotopic (exact) mass is 279 g/mol. The SMILES string of the molecule is CCCCOCCNC(=O)c1cnc(C)cc1NCC. The first-order valence-electron chi connectivity index (χ1n) is 7.25. The third kappa shape index (κ3) is 5.57. The molecule has 1 aromatic heterocycles. The molecular formula is C15H25N3O2. The molecular weight excluding hydrogens is 254 g/mol. The Bertz CT molecular complexity index is 422. The third-order valence-corrected chi connectivity index (χ3v) is 2.83. The van der Waals surface area contributed by atoms with E-state index < -0.39 is 0 Å². The maximum atomic E-state index is 12.1. The second-order valence-electron chi connectivity index (χ2n) is 4.62. The quantitative estimate of drug-likeness (QED) is 0.681. The minimum Gasteiger partial charge on any atom is -0.385 e. The van der Waals surface area contributed by atoms with Gasteiger partial charge in [0.05, 0.1) is 17.9 Å². The van der Waals surface area contributed by atoms with Crippen molar-refractivity contribution in [3.63, 3.8) is 0 Å². The molecule has 1 aromatic rings. The van der Waals surface area contributed by atoms with Gasteiger partial charge in [-0.1, -0.05) is 13.3 Å². The first-order chi connectivity index (χ1) is 9.69. The zero-order chi connectivity index (χ0) is 14.8. The zero-order valence-corrected chi connectivity index (χ0v) is 12.7. The number of aromatic nitrogens is 1.